The lowest BCUT2D eigenvalue weighted by molar-refractivity contribution is 0.0622. The van der Waals surface area contributed by atoms with E-state index in [0.29, 0.717) is 12.0 Å². The predicted molar refractivity (Wildman–Crippen MR) is 68.1 cm³/mol. The molecule has 0 bridgehead atoms. The van der Waals surface area contributed by atoms with Crippen LogP contribution in [0.5, 0.6) is 0 Å². The van der Waals surface area contributed by atoms with Crippen molar-refractivity contribution in [3.8, 4) is 0 Å². The van der Waals surface area contributed by atoms with Crippen molar-refractivity contribution in [2.24, 2.45) is 5.92 Å². The standard InChI is InChI=1S/C13H21N3O/c1-9-8-14-11(3)13(15-9)16-10(2)12-4-6-17-7-5-12/h8,10,12H,4-7H2,1-3H3,(H,15,16). The molecule has 1 unspecified atom stereocenters. The minimum Gasteiger partial charge on any atom is -0.381 e. The van der Waals surface area contributed by atoms with Gasteiger partial charge in [-0.2, -0.15) is 0 Å². The van der Waals surface area contributed by atoms with Gasteiger partial charge in [0.05, 0.1) is 11.4 Å². The van der Waals surface area contributed by atoms with Crippen molar-refractivity contribution in [3.63, 3.8) is 0 Å². The van der Waals surface area contributed by atoms with Crippen LogP contribution in [0.3, 0.4) is 0 Å². The highest BCUT2D eigenvalue weighted by molar-refractivity contribution is 5.40. The molecule has 1 aromatic heterocycles. The van der Waals surface area contributed by atoms with Crippen LogP contribution in [0.25, 0.3) is 0 Å². The number of rotatable bonds is 3. The summed E-state index contributed by atoms with van der Waals surface area (Å²) in [5.41, 5.74) is 1.92. The quantitative estimate of drug-likeness (QED) is 0.873. The second-order valence-corrected chi connectivity index (χ2v) is 4.83. The first kappa shape index (κ1) is 12.3. The number of anilines is 1. The molecule has 1 saturated heterocycles. The SMILES string of the molecule is Cc1cnc(C)c(NC(C)C2CCOCC2)n1. The Bertz CT molecular complexity index is 375. The third kappa shape index (κ3) is 3.16. The van der Waals surface area contributed by atoms with Crippen molar-refractivity contribution in [1.82, 2.24) is 9.97 Å². The smallest absolute Gasteiger partial charge is 0.147 e. The van der Waals surface area contributed by atoms with Crippen molar-refractivity contribution in [1.29, 1.82) is 0 Å². The lowest BCUT2D eigenvalue weighted by atomic mass is 9.93. The van der Waals surface area contributed by atoms with E-state index in [1.165, 1.54) is 0 Å². The van der Waals surface area contributed by atoms with Crippen LogP contribution in [0.15, 0.2) is 6.20 Å². The molecule has 1 fully saturated rings. The van der Waals surface area contributed by atoms with Gasteiger partial charge in [0.2, 0.25) is 0 Å². The lowest BCUT2D eigenvalue weighted by Gasteiger charge is -2.29. The number of hydrogen-bond acceptors (Lipinski definition) is 4. The van der Waals surface area contributed by atoms with Crippen LogP contribution in [0.4, 0.5) is 5.82 Å². The molecule has 4 heteroatoms. The number of nitrogens with one attached hydrogen (secondary N) is 1. The fourth-order valence-corrected chi connectivity index (χ4v) is 2.22. The van der Waals surface area contributed by atoms with Crippen molar-refractivity contribution in [3.05, 3.63) is 17.6 Å². The van der Waals surface area contributed by atoms with Gasteiger partial charge in [0.1, 0.15) is 5.82 Å². The van der Waals surface area contributed by atoms with E-state index in [-0.39, 0.29) is 0 Å². The number of hydrogen-bond donors (Lipinski definition) is 1. The molecule has 2 rings (SSSR count). The van der Waals surface area contributed by atoms with Crippen LogP contribution in [0.1, 0.15) is 31.2 Å². The Morgan fingerprint density at radius 3 is 2.76 bits per heavy atom. The Balaban J connectivity index is 2.01. The summed E-state index contributed by atoms with van der Waals surface area (Å²) in [5.74, 6) is 1.59. The van der Waals surface area contributed by atoms with Crippen molar-refractivity contribution >= 4 is 5.82 Å². The van der Waals surface area contributed by atoms with E-state index in [1.807, 2.05) is 13.8 Å². The Labute approximate surface area is 103 Å². The molecule has 1 aromatic rings. The molecule has 17 heavy (non-hydrogen) atoms. The predicted octanol–water partition coefficient (Wildman–Crippen LogP) is 2.32. The number of nitrogens with zero attached hydrogens (tertiary/aromatic N) is 2. The van der Waals surface area contributed by atoms with E-state index < -0.39 is 0 Å². The molecule has 1 atom stereocenters. The molecule has 0 amide bonds. The summed E-state index contributed by atoms with van der Waals surface area (Å²) >= 11 is 0. The van der Waals surface area contributed by atoms with Crippen LogP contribution in [-0.4, -0.2) is 29.2 Å². The first-order chi connectivity index (χ1) is 8.16. The first-order valence-electron chi connectivity index (χ1n) is 6.31. The summed E-state index contributed by atoms with van der Waals surface area (Å²) in [6, 6.07) is 0.425. The maximum atomic E-state index is 5.39. The summed E-state index contributed by atoms with van der Waals surface area (Å²) in [7, 11) is 0. The lowest BCUT2D eigenvalue weighted by Crippen LogP contribution is -2.31. The molecule has 2 heterocycles. The van der Waals surface area contributed by atoms with Gasteiger partial charge in [0.25, 0.3) is 0 Å². The van der Waals surface area contributed by atoms with E-state index in [2.05, 4.69) is 22.2 Å². The van der Waals surface area contributed by atoms with Gasteiger partial charge >= 0.3 is 0 Å². The molecular formula is C13H21N3O. The summed E-state index contributed by atoms with van der Waals surface area (Å²) in [4.78, 5) is 8.83. The second kappa shape index (κ2) is 5.45. The fraction of sp³-hybridized carbons (Fsp3) is 0.692. The molecule has 1 aliphatic rings. The Hall–Kier alpha value is -1.16. The molecule has 1 aliphatic heterocycles. The van der Waals surface area contributed by atoms with Crippen molar-refractivity contribution in [2.45, 2.75) is 39.7 Å². The van der Waals surface area contributed by atoms with Crippen molar-refractivity contribution in [2.75, 3.05) is 18.5 Å². The van der Waals surface area contributed by atoms with Gasteiger partial charge < -0.3 is 10.1 Å². The molecule has 0 aromatic carbocycles. The maximum Gasteiger partial charge on any atom is 0.147 e. The maximum absolute atomic E-state index is 5.39. The largest absolute Gasteiger partial charge is 0.381 e. The number of aryl methyl sites for hydroxylation is 2. The fourth-order valence-electron chi connectivity index (χ4n) is 2.22. The second-order valence-electron chi connectivity index (χ2n) is 4.83. The molecular weight excluding hydrogens is 214 g/mol. The van der Waals surface area contributed by atoms with Gasteiger partial charge in [-0.15, -0.1) is 0 Å². The molecule has 0 saturated carbocycles. The van der Waals surface area contributed by atoms with Crippen LogP contribution in [-0.2, 0) is 4.74 Å². The molecule has 0 spiro atoms. The summed E-state index contributed by atoms with van der Waals surface area (Å²) in [6.45, 7) is 7.95. The average molecular weight is 235 g/mol. The molecule has 1 N–H and O–H groups in total. The van der Waals surface area contributed by atoms with Crippen LogP contribution in [0.2, 0.25) is 0 Å². The molecule has 94 valence electrons. The van der Waals surface area contributed by atoms with Gasteiger partial charge in [-0.25, -0.2) is 4.98 Å². The third-order valence-electron chi connectivity index (χ3n) is 3.41. The zero-order valence-electron chi connectivity index (χ0n) is 10.9. The minimum absolute atomic E-state index is 0.425. The zero-order valence-corrected chi connectivity index (χ0v) is 10.9. The summed E-state index contributed by atoms with van der Waals surface area (Å²) in [5, 5.41) is 3.49. The Morgan fingerprint density at radius 2 is 2.06 bits per heavy atom. The molecule has 4 nitrogen and oxygen atoms in total. The Kier molecular flexibility index (Phi) is 3.94. The van der Waals surface area contributed by atoms with Crippen LogP contribution in [0, 0.1) is 19.8 Å². The van der Waals surface area contributed by atoms with E-state index in [1.54, 1.807) is 6.20 Å². The van der Waals surface area contributed by atoms with E-state index in [4.69, 9.17) is 4.74 Å². The van der Waals surface area contributed by atoms with Gasteiger partial charge in [0, 0.05) is 25.5 Å². The van der Waals surface area contributed by atoms with E-state index in [9.17, 15) is 0 Å². The van der Waals surface area contributed by atoms with Gasteiger partial charge in [-0.1, -0.05) is 0 Å². The molecule has 0 radical (unpaired) electrons. The van der Waals surface area contributed by atoms with E-state index >= 15 is 0 Å². The first-order valence-corrected chi connectivity index (χ1v) is 6.31. The van der Waals surface area contributed by atoms with Gasteiger partial charge in [-0.3, -0.25) is 4.98 Å². The molecule has 0 aliphatic carbocycles. The van der Waals surface area contributed by atoms with Crippen molar-refractivity contribution < 1.29 is 4.74 Å². The topological polar surface area (TPSA) is 47.0 Å². The van der Waals surface area contributed by atoms with Gasteiger partial charge in [-0.05, 0) is 39.5 Å². The van der Waals surface area contributed by atoms with Crippen LogP contribution >= 0.6 is 0 Å². The average Bonchev–Trinajstić information content (AvgIpc) is 2.35. The zero-order chi connectivity index (χ0) is 12.3. The highest BCUT2D eigenvalue weighted by Crippen LogP contribution is 2.22. The summed E-state index contributed by atoms with van der Waals surface area (Å²) in [6.07, 6.45) is 4.07. The Morgan fingerprint density at radius 1 is 1.35 bits per heavy atom. The van der Waals surface area contributed by atoms with E-state index in [0.717, 1.165) is 43.3 Å². The third-order valence-corrected chi connectivity index (χ3v) is 3.41. The number of ether oxygens (including phenoxy) is 1. The monoisotopic (exact) mass is 235 g/mol. The number of aromatic nitrogens is 2. The van der Waals surface area contributed by atoms with Crippen LogP contribution < -0.4 is 5.32 Å². The highest BCUT2D eigenvalue weighted by Gasteiger charge is 2.21. The highest BCUT2D eigenvalue weighted by atomic mass is 16.5. The van der Waals surface area contributed by atoms with Gasteiger partial charge in [0.15, 0.2) is 0 Å². The minimum atomic E-state index is 0.425. The summed E-state index contributed by atoms with van der Waals surface area (Å²) < 4.78 is 5.39. The normalized spacial score (nSPS) is 19.0.